The first-order chi connectivity index (χ1) is 5.02. The van der Waals surface area contributed by atoms with Crippen molar-refractivity contribution in [1.82, 2.24) is 0 Å². The van der Waals surface area contributed by atoms with Crippen molar-refractivity contribution in [2.75, 3.05) is 19.1 Å². The van der Waals surface area contributed by atoms with Gasteiger partial charge in [-0.25, -0.2) is 0 Å². The second-order valence-electron chi connectivity index (χ2n) is 2.91. The lowest BCUT2D eigenvalue weighted by atomic mass is 10.3. The Kier molecular flexibility index (Phi) is 2.05. The molecule has 0 bridgehead atoms. The minimum Gasteiger partial charge on any atom is -0.398 e. The molecule has 0 saturated carbocycles. The predicted octanol–water partition coefficient (Wildman–Crippen LogP) is 1.52. The third kappa shape index (κ3) is 1.84. The second-order valence-corrected chi connectivity index (χ2v) is 6.09. The van der Waals surface area contributed by atoms with E-state index in [1.807, 2.05) is 18.2 Å². The first-order valence-corrected chi connectivity index (χ1v) is 6.02. The van der Waals surface area contributed by atoms with E-state index in [9.17, 15) is 4.57 Å². The lowest BCUT2D eigenvalue weighted by Gasteiger charge is -2.08. The number of hydrogen-bond donors (Lipinski definition) is 1. The third-order valence-corrected chi connectivity index (χ3v) is 3.08. The smallest absolute Gasteiger partial charge is 0.111 e. The van der Waals surface area contributed by atoms with E-state index in [-0.39, 0.29) is 0 Å². The third-order valence-electron chi connectivity index (χ3n) is 1.52. The summed E-state index contributed by atoms with van der Waals surface area (Å²) in [5, 5.41) is 0.778. The number of nitrogens with two attached hydrogens (primary N) is 1. The largest absolute Gasteiger partial charge is 0.398 e. The topological polar surface area (TPSA) is 43.1 Å². The van der Waals surface area contributed by atoms with Crippen molar-refractivity contribution in [2.24, 2.45) is 0 Å². The first-order valence-electron chi connectivity index (χ1n) is 3.42. The van der Waals surface area contributed by atoms with E-state index in [1.165, 1.54) is 0 Å². The molecule has 0 fully saturated rings. The second kappa shape index (κ2) is 2.71. The van der Waals surface area contributed by atoms with Crippen LogP contribution in [0.5, 0.6) is 0 Å². The van der Waals surface area contributed by atoms with Gasteiger partial charge in [-0.2, -0.15) is 0 Å². The lowest BCUT2D eigenvalue weighted by molar-refractivity contribution is 0.588. The van der Waals surface area contributed by atoms with Crippen molar-refractivity contribution in [2.45, 2.75) is 0 Å². The minimum atomic E-state index is -2.18. The highest BCUT2D eigenvalue weighted by Crippen LogP contribution is 2.36. The normalized spacial score (nSPS) is 11.5. The van der Waals surface area contributed by atoms with Crippen molar-refractivity contribution >= 4 is 18.1 Å². The van der Waals surface area contributed by atoms with Crippen molar-refractivity contribution < 1.29 is 4.57 Å². The summed E-state index contributed by atoms with van der Waals surface area (Å²) in [5.41, 5.74) is 6.26. The van der Waals surface area contributed by atoms with Gasteiger partial charge in [0.2, 0.25) is 0 Å². The van der Waals surface area contributed by atoms with Crippen molar-refractivity contribution in [3.63, 3.8) is 0 Å². The monoisotopic (exact) mass is 169 g/mol. The van der Waals surface area contributed by atoms with E-state index in [0.29, 0.717) is 5.69 Å². The molecule has 1 rings (SSSR count). The Balaban J connectivity index is 3.25. The molecule has 0 aliphatic carbocycles. The summed E-state index contributed by atoms with van der Waals surface area (Å²) in [4.78, 5) is 0. The summed E-state index contributed by atoms with van der Waals surface area (Å²) in [5.74, 6) is 0. The van der Waals surface area contributed by atoms with Crippen molar-refractivity contribution in [3.8, 4) is 0 Å². The number of nitrogen functional groups attached to an aromatic ring is 1. The molecule has 0 atom stereocenters. The standard InChI is InChI=1S/C8H12NOP/c1-11(2,10)8-6-4-3-5-7(8)9/h3-6H,9H2,1-2H3. The fourth-order valence-electron chi connectivity index (χ4n) is 0.978. The van der Waals surface area contributed by atoms with Crippen molar-refractivity contribution in [1.29, 1.82) is 0 Å². The molecule has 0 spiro atoms. The van der Waals surface area contributed by atoms with Crippen LogP contribution in [0.2, 0.25) is 0 Å². The van der Waals surface area contributed by atoms with Gasteiger partial charge in [-0.15, -0.1) is 0 Å². The lowest BCUT2D eigenvalue weighted by Crippen LogP contribution is -2.08. The zero-order chi connectivity index (χ0) is 8.48. The Morgan fingerprint density at radius 1 is 1.27 bits per heavy atom. The predicted molar refractivity (Wildman–Crippen MR) is 49.9 cm³/mol. The van der Waals surface area contributed by atoms with Gasteiger partial charge < -0.3 is 10.3 Å². The molecule has 0 amide bonds. The number of benzene rings is 1. The molecule has 3 heteroatoms. The highest BCUT2D eigenvalue weighted by molar-refractivity contribution is 7.70. The summed E-state index contributed by atoms with van der Waals surface area (Å²) in [6.07, 6.45) is 0. The van der Waals surface area contributed by atoms with Crippen LogP contribution in [0.1, 0.15) is 0 Å². The van der Waals surface area contributed by atoms with E-state index in [0.717, 1.165) is 5.30 Å². The zero-order valence-corrected chi connectivity index (χ0v) is 7.64. The minimum absolute atomic E-state index is 0.626. The first kappa shape index (κ1) is 8.35. The molecule has 2 N–H and O–H groups in total. The Hall–Kier alpha value is -0.750. The van der Waals surface area contributed by atoms with Gasteiger partial charge in [0.05, 0.1) is 0 Å². The Bertz CT molecular complexity index is 303. The van der Waals surface area contributed by atoms with E-state index in [4.69, 9.17) is 5.73 Å². The van der Waals surface area contributed by atoms with Gasteiger partial charge in [-0.1, -0.05) is 12.1 Å². The summed E-state index contributed by atoms with van der Waals surface area (Å²) in [7, 11) is -2.18. The van der Waals surface area contributed by atoms with E-state index in [1.54, 1.807) is 19.4 Å². The maximum absolute atomic E-state index is 11.6. The average Bonchev–Trinajstić information content (AvgIpc) is 1.86. The SMILES string of the molecule is CP(C)(=O)c1ccccc1N. The van der Waals surface area contributed by atoms with Crippen LogP contribution in [0.15, 0.2) is 24.3 Å². The van der Waals surface area contributed by atoms with Gasteiger partial charge in [0, 0.05) is 11.0 Å². The molecule has 1 aromatic carbocycles. The van der Waals surface area contributed by atoms with Gasteiger partial charge in [0.25, 0.3) is 0 Å². The highest BCUT2D eigenvalue weighted by atomic mass is 31.2. The maximum Gasteiger partial charge on any atom is 0.111 e. The molecule has 0 aliphatic heterocycles. The number of para-hydroxylation sites is 1. The summed E-state index contributed by atoms with van der Waals surface area (Å²) < 4.78 is 11.6. The Morgan fingerprint density at radius 2 is 1.82 bits per heavy atom. The summed E-state index contributed by atoms with van der Waals surface area (Å²) in [6, 6.07) is 7.28. The summed E-state index contributed by atoms with van der Waals surface area (Å²) >= 11 is 0. The number of rotatable bonds is 1. The molecule has 0 aliphatic rings. The quantitative estimate of drug-likeness (QED) is 0.511. The van der Waals surface area contributed by atoms with E-state index >= 15 is 0 Å². The molecule has 1 aromatic rings. The molecular formula is C8H12NOP. The fraction of sp³-hybridized carbons (Fsp3) is 0.250. The van der Waals surface area contributed by atoms with Crippen LogP contribution in [0.4, 0.5) is 5.69 Å². The number of hydrogen-bond acceptors (Lipinski definition) is 2. The van der Waals surface area contributed by atoms with Crippen LogP contribution in [0.25, 0.3) is 0 Å². The van der Waals surface area contributed by atoms with Gasteiger partial charge >= 0.3 is 0 Å². The molecule has 0 radical (unpaired) electrons. The molecule has 2 nitrogen and oxygen atoms in total. The Morgan fingerprint density at radius 3 is 2.18 bits per heavy atom. The van der Waals surface area contributed by atoms with Crippen LogP contribution in [0.3, 0.4) is 0 Å². The van der Waals surface area contributed by atoms with Crippen LogP contribution in [0, 0.1) is 0 Å². The molecular weight excluding hydrogens is 157 g/mol. The van der Waals surface area contributed by atoms with Crippen molar-refractivity contribution in [3.05, 3.63) is 24.3 Å². The molecule has 60 valence electrons. The van der Waals surface area contributed by atoms with E-state index in [2.05, 4.69) is 0 Å². The van der Waals surface area contributed by atoms with Gasteiger partial charge in [0.1, 0.15) is 7.14 Å². The molecule has 11 heavy (non-hydrogen) atoms. The average molecular weight is 169 g/mol. The van der Waals surface area contributed by atoms with Crippen LogP contribution in [-0.2, 0) is 4.57 Å². The van der Waals surface area contributed by atoms with E-state index < -0.39 is 7.14 Å². The Labute approximate surface area is 66.8 Å². The van der Waals surface area contributed by atoms with Gasteiger partial charge in [0.15, 0.2) is 0 Å². The molecule has 0 saturated heterocycles. The van der Waals surface area contributed by atoms with Crippen LogP contribution >= 0.6 is 7.14 Å². The van der Waals surface area contributed by atoms with Crippen LogP contribution in [-0.4, -0.2) is 13.3 Å². The number of anilines is 1. The maximum atomic E-state index is 11.6. The molecule has 0 unspecified atom stereocenters. The fourth-order valence-corrected chi connectivity index (χ4v) is 2.12. The van der Waals surface area contributed by atoms with Gasteiger partial charge in [-0.3, -0.25) is 0 Å². The molecule has 0 heterocycles. The summed E-state index contributed by atoms with van der Waals surface area (Å²) in [6.45, 7) is 3.44. The molecule has 0 aromatic heterocycles. The van der Waals surface area contributed by atoms with Crippen LogP contribution < -0.4 is 11.0 Å². The van der Waals surface area contributed by atoms with Gasteiger partial charge in [-0.05, 0) is 25.5 Å². The highest BCUT2D eigenvalue weighted by Gasteiger charge is 2.12. The zero-order valence-electron chi connectivity index (χ0n) is 6.74.